The summed E-state index contributed by atoms with van der Waals surface area (Å²) in [4.78, 5) is 10.2. The van der Waals surface area contributed by atoms with Crippen molar-refractivity contribution in [2.75, 3.05) is 11.4 Å². The van der Waals surface area contributed by atoms with E-state index in [1.807, 2.05) is 18.2 Å². The molecule has 1 aliphatic heterocycles. The van der Waals surface area contributed by atoms with Crippen molar-refractivity contribution in [2.45, 2.75) is 6.42 Å². The molecule has 86 valence electrons. The minimum Gasteiger partial charge on any atom is -0.326 e. The van der Waals surface area contributed by atoms with Gasteiger partial charge in [-0.1, -0.05) is 17.7 Å². The molecule has 0 fully saturated rings. The Morgan fingerprint density at radius 3 is 2.88 bits per heavy atom. The Morgan fingerprint density at radius 1 is 1.18 bits per heavy atom. The lowest BCUT2D eigenvalue weighted by molar-refractivity contribution is 0.964. The molecule has 1 aromatic carbocycles. The molecule has 2 aromatic rings. The standard InChI is InChI=1S/C12H9Cl2N3/c13-9-2-1-8-4-6-17(10(8)7-9)11-3-5-15-12(14)16-11/h1-3,5,7H,4,6H2. The number of benzene rings is 1. The summed E-state index contributed by atoms with van der Waals surface area (Å²) in [7, 11) is 0. The van der Waals surface area contributed by atoms with E-state index in [0.717, 1.165) is 29.5 Å². The third kappa shape index (κ3) is 1.96. The highest BCUT2D eigenvalue weighted by atomic mass is 35.5. The Hall–Kier alpha value is -1.32. The van der Waals surface area contributed by atoms with Crippen LogP contribution in [0.1, 0.15) is 5.56 Å². The van der Waals surface area contributed by atoms with E-state index in [-0.39, 0.29) is 5.28 Å². The van der Waals surface area contributed by atoms with E-state index in [0.29, 0.717) is 0 Å². The summed E-state index contributed by atoms with van der Waals surface area (Å²) in [6.45, 7) is 0.892. The Kier molecular flexibility index (Phi) is 2.65. The number of hydrogen-bond acceptors (Lipinski definition) is 3. The molecule has 0 bridgehead atoms. The maximum absolute atomic E-state index is 6.02. The molecule has 2 heterocycles. The molecule has 0 spiro atoms. The zero-order chi connectivity index (χ0) is 11.8. The average Bonchev–Trinajstić information content (AvgIpc) is 2.71. The van der Waals surface area contributed by atoms with E-state index < -0.39 is 0 Å². The fraction of sp³-hybridized carbons (Fsp3) is 0.167. The molecule has 0 saturated heterocycles. The van der Waals surface area contributed by atoms with Crippen LogP contribution in [0, 0.1) is 0 Å². The number of rotatable bonds is 1. The maximum Gasteiger partial charge on any atom is 0.224 e. The van der Waals surface area contributed by atoms with E-state index in [1.165, 1.54) is 5.56 Å². The lowest BCUT2D eigenvalue weighted by Gasteiger charge is -2.18. The molecule has 3 rings (SSSR count). The first-order chi connectivity index (χ1) is 8.24. The van der Waals surface area contributed by atoms with Crippen LogP contribution in [0.5, 0.6) is 0 Å². The number of fused-ring (bicyclic) bond motifs is 1. The molecule has 0 unspecified atom stereocenters. The second-order valence-corrected chi connectivity index (χ2v) is 4.63. The van der Waals surface area contributed by atoms with Crippen LogP contribution < -0.4 is 4.90 Å². The van der Waals surface area contributed by atoms with Gasteiger partial charge in [-0.2, -0.15) is 0 Å². The smallest absolute Gasteiger partial charge is 0.224 e. The van der Waals surface area contributed by atoms with Crippen molar-refractivity contribution in [1.82, 2.24) is 9.97 Å². The summed E-state index contributed by atoms with van der Waals surface area (Å²) in [5.74, 6) is 0.811. The third-order valence-corrected chi connectivity index (χ3v) is 3.25. The van der Waals surface area contributed by atoms with Crippen LogP contribution in [-0.4, -0.2) is 16.5 Å². The van der Waals surface area contributed by atoms with E-state index in [9.17, 15) is 0 Å². The molecular formula is C12H9Cl2N3. The molecule has 3 nitrogen and oxygen atoms in total. The number of anilines is 2. The molecule has 17 heavy (non-hydrogen) atoms. The molecular weight excluding hydrogens is 257 g/mol. The van der Waals surface area contributed by atoms with Gasteiger partial charge in [0.15, 0.2) is 0 Å². The van der Waals surface area contributed by atoms with Crippen molar-refractivity contribution in [3.63, 3.8) is 0 Å². The van der Waals surface area contributed by atoms with Gasteiger partial charge in [0.25, 0.3) is 0 Å². The largest absolute Gasteiger partial charge is 0.326 e. The van der Waals surface area contributed by atoms with Gasteiger partial charge in [0.2, 0.25) is 5.28 Å². The summed E-state index contributed by atoms with van der Waals surface area (Å²) >= 11 is 11.8. The van der Waals surface area contributed by atoms with Gasteiger partial charge in [-0.15, -0.1) is 0 Å². The Morgan fingerprint density at radius 2 is 2.06 bits per heavy atom. The van der Waals surface area contributed by atoms with Gasteiger partial charge < -0.3 is 4.90 Å². The summed E-state index contributed by atoms with van der Waals surface area (Å²) in [6, 6.07) is 7.78. The highest BCUT2D eigenvalue weighted by Gasteiger charge is 2.21. The second kappa shape index (κ2) is 4.17. The number of nitrogens with zero attached hydrogens (tertiary/aromatic N) is 3. The van der Waals surface area contributed by atoms with Gasteiger partial charge in [0.05, 0.1) is 0 Å². The predicted octanol–water partition coefficient (Wildman–Crippen LogP) is 3.48. The van der Waals surface area contributed by atoms with Crippen LogP contribution in [0.4, 0.5) is 11.5 Å². The van der Waals surface area contributed by atoms with Crippen molar-refractivity contribution in [3.8, 4) is 0 Å². The van der Waals surface area contributed by atoms with Crippen molar-refractivity contribution in [3.05, 3.63) is 46.3 Å². The molecule has 5 heteroatoms. The summed E-state index contributed by atoms with van der Waals surface area (Å²) in [5.41, 5.74) is 2.39. The van der Waals surface area contributed by atoms with E-state index in [2.05, 4.69) is 20.9 Å². The summed E-state index contributed by atoms with van der Waals surface area (Å²) in [6.07, 6.45) is 2.65. The highest BCUT2D eigenvalue weighted by molar-refractivity contribution is 6.31. The van der Waals surface area contributed by atoms with Crippen LogP contribution in [0.2, 0.25) is 10.3 Å². The number of hydrogen-bond donors (Lipinski definition) is 0. The molecule has 0 N–H and O–H groups in total. The highest BCUT2D eigenvalue weighted by Crippen LogP contribution is 2.35. The Balaban J connectivity index is 2.06. The normalized spacial score (nSPS) is 13.9. The van der Waals surface area contributed by atoms with E-state index in [4.69, 9.17) is 23.2 Å². The fourth-order valence-electron chi connectivity index (χ4n) is 2.07. The first-order valence-electron chi connectivity index (χ1n) is 5.28. The topological polar surface area (TPSA) is 29.0 Å². The van der Waals surface area contributed by atoms with Crippen molar-refractivity contribution in [1.29, 1.82) is 0 Å². The molecule has 0 amide bonds. The van der Waals surface area contributed by atoms with Crippen LogP contribution >= 0.6 is 23.2 Å². The van der Waals surface area contributed by atoms with Gasteiger partial charge in [-0.25, -0.2) is 9.97 Å². The Bertz CT molecular complexity index is 571. The Labute approximate surface area is 109 Å². The first-order valence-corrected chi connectivity index (χ1v) is 6.04. The molecule has 0 aliphatic carbocycles. The van der Waals surface area contributed by atoms with E-state index in [1.54, 1.807) is 6.20 Å². The zero-order valence-electron chi connectivity index (χ0n) is 8.90. The molecule has 0 atom stereocenters. The quantitative estimate of drug-likeness (QED) is 0.740. The molecule has 0 radical (unpaired) electrons. The van der Waals surface area contributed by atoms with Gasteiger partial charge in [0.1, 0.15) is 5.82 Å². The average molecular weight is 266 g/mol. The van der Waals surface area contributed by atoms with Gasteiger partial charge >= 0.3 is 0 Å². The monoisotopic (exact) mass is 265 g/mol. The van der Waals surface area contributed by atoms with Crippen LogP contribution in [0.3, 0.4) is 0 Å². The van der Waals surface area contributed by atoms with Gasteiger partial charge in [0, 0.05) is 23.5 Å². The minimum atomic E-state index is 0.262. The van der Waals surface area contributed by atoms with Crippen LogP contribution in [0.15, 0.2) is 30.5 Å². The molecule has 1 aliphatic rings. The summed E-state index contributed by atoms with van der Waals surface area (Å²) < 4.78 is 0. The fourth-order valence-corrected chi connectivity index (χ4v) is 2.38. The van der Waals surface area contributed by atoms with Gasteiger partial charge in [-0.05, 0) is 41.8 Å². The van der Waals surface area contributed by atoms with E-state index >= 15 is 0 Å². The predicted molar refractivity (Wildman–Crippen MR) is 69.2 cm³/mol. The zero-order valence-corrected chi connectivity index (χ0v) is 10.4. The minimum absolute atomic E-state index is 0.262. The third-order valence-electron chi connectivity index (χ3n) is 2.83. The SMILES string of the molecule is Clc1ccc2c(c1)N(c1ccnc(Cl)n1)CC2. The maximum atomic E-state index is 6.02. The first kappa shape index (κ1) is 10.8. The van der Waals surface area contributed by atoms with Crippen molar-refractivity contribution < 1.29 is 0 Å². The summed E-state index contributed by atoms with van der Waals surface area (Å²) in [5, 5.41) is 0.994. The van der Waals surface area contributed by atoms with Gasteiger partial charge in [-0.3, -0.25) is 0 Å². The second-order valence-electron chi connectivity index (χ2n) is 3.86. The van der Waals surface area contributed by atoms with Crippen LogP contribution in [-0.2, 0) is 6.42 Å². The number of halogens is 2. The molecule has 0 saturated carbocycles. The molecule has 1 aromatic heterocycles. The van der Waals surface area contributed by atoms with Crippen molar-refractivity contribution >= 4 is 34.7 Å². The lowest BCUT2D eigenvalue weighted by atomic mass is 10.2. The van der Waals surface area contributed by atoms with Crippen LogP contribution in [0.25, 0.3) is 0 Å². The van der Waals surface area contributed by atoms with Crippen molar-refractivity contribution in [2.24, 2.45) is 0 Å². The lowest BCUT2D eigenvalue weighted by Crippen LogP contribution is -2.14. The number of aromatic nitrogens is 2.